The first-order valence-electron chi connectivity index (χ1n) is 10.2. The SMILES string of the molecule is COc1cc(NC(=O)COC(=O)c2ccccc2SCC(=O)N2CCCC2)cc(OC)c1. The zero-order valence-corrected chi connectivity index (χ0v) is 18.9. The topological polar surface area (TPSA) is 94.2 Å². The third-order valence-corrected chi connectivity index (χ3v) is 5.94. The fourth-order valence-electron chi connectivity index (χ4n) is 3.24. The summed E-state index contributed by atoms with van der Waals surface area (Å²) in [4.78, 5) is 39.6. The quantitative estimate of drug-likeness (QED) is 0.455. The van der Waals surface area contributed by atoms with E-state index in [0.29, 0.717) is 27.6 Å². The van der Waals surface area contributed by atoms with Gasteiger partial charge in [-0.1, -0.05) is 12.1 Å². The molecule has 1 saturated heterocycles. The number of anilines is 1. The molecule has 170 valence electrons. The fraction of sp³-hybridized carbons (Fsp3) is 0.348. The number of esters is 1. The second-order valence-electron chi connectivity index (χ2n) is 7.10. The number of carbonyl (C=O) groups excluding carboxylic acids is 3. The Balaban J connectivity index is 1.55. The maximum absolute atomic E-state index is 12.6. The van der Waals surface area contributed by atoms with Gasteiger partial charge in [-0.2, -0.15) is 0 Å². The van der Waals surface area contributed by atoms with Gasteiger partial charge in [-0.3, -0.25) is 9.59 Å². The van der Waals surface area contributed by atoms with E-state index < -0.39 is 18.5 Å². The zero-order valence-electron chi connectivity index (χ0n) is 18.1. The van der Waals surface area contributed by atoms with Crippen molar-refractivity contribution >= 4 is 35.2 Å². The summed E-state index contributed by atoms with van der Waals surface area (Å²) in [5.74, 6) is 0.228. The first-order valence-corrected chi connectivity index (χ1v) is 11.2. The maximum Gasteiger partial charge on any atom is 0.339 e. The number of hydrogen-bond acceptors (Lipinski definition) is 7. The van der Waals surface area contributed by atoms with Crippen molar-refractivity contribution in [1.29, 1.82) is 0 Å². The molecule has 0 aliphatic carbocycles. The van der Waals surface area contributed by atoms with E-state index in [-0.39, 0.29) is 11.7 Å². The van der Waals surface area contributed by atoms with Crippen LogP contribution in [0.3, 0.4) is 0 Å². The molecule has 3 rings (SSSR count). The van der Waals surface area contributed by atoms with Crippen LogP contribution in [-0.2, 0) is 14.3 Å². The van der Waals surface area contributed by atoms with E-state index in [0.717, 1.165) is 25.9 Å². The van der Waals surface area contributed by atoms with Crippen LogP contribution >= 0.6 is 11.8 Å². The zero-order chi connectivity index (χ0) is 22.9. The summed E-state index contributed by atoms with van der Waals surface area (Å²) in [6, 6.07) is 11.8. The fourth-order valence-corrected chi connectivity index (χ4v) is 4.19. The van der Waals surface area contributed by atoms with Gasteiger partial charge in [-0.25, -0.2) is 4.79 Å². The maximum atomic E-state index is 12.6. The lowest BCUT2D eigenvalue weighted by molar-refractivity contribution is -0.127. The van der Waals surface area contributed by atoms with Crippen LogP contribution in [0.2, 0.25) is 0 Å². The number of benzene rings is 2. The molecule has 8 nitrogen and oxygen atoms in total. The molecule has 0 saturated carbocycles. The summed E-state index contributed by atoms with van der Waals surface area (Å²) >= 11 is 1.30. The number of methoxy groups -OCH3 is 2. The van der Waals surface area contributed by atoms with Gasteiger partial charge in [0.2, 0.25) is 5.91 Å². The number of thioether (sulfide) groups is 1. The predicted molar refractivity (Wildman–Crippen MR) is 121 cm³/mol. The molecule has 32 heavy (non-hydrogen) atoms. The van der Waals surface area contributed by atoms with Crippen LogP contribution in [-0.4, -0.2) is 62.4 Å². The van der Waals surface area contributed by atoms with E-state index in [1.54, 1.807) is 42.5 Å². The summed E-state index contributed by atoms with van der Waals surface area (Å²) in [5.41, 5.74) is 0.779. The molecule has 0 unspecified atom stereocenters. The monoisotopic (exact) mass is 458 g/mol. The van der Waals surface area contributed by atoms with Gasteiger partial charge in [0.15, 0.2) is 6.61 Å². The molecule has 0 bridgehead atoms. The summed E-state index contributed by atoms with van der Waals surface area (Å²) in [6.07, 6.45) is 2.06. The molecular formula is C23H26N2O6S. The van der Waals surface area contributed by atoms with E-state index in [1.807, 2.05) is 4.90 Å². The average molecular weight is 459 g/mol. The van der Waals surface area contributed by atoms with Gasteiger partial charge in [0.05, 0.1) is 25.5 Å². The van der Waals surface area contributed by atoms with Crippen LogP contribution in [0.15, 0.2) is 47.4 Å². The van der Waals surface area contributed by atoms with Crippen LogP contribution < -0.4 is 14.8 Å². The summed E-state index contributed by atoms with van der Waals surface area (Å²) < 4.78 is 15.5. The minimum Gasteiger partial charge on any atom is -0.497 e. The van der Waals surface area contributed by atoms with Gasteiger partial charge in [0.25, 0.3) is 5.91 Å². The first-order chi connectivity index (χ1) is 15.5. The Morgan fingerprint density at radius 3 is 2.31 bits per heavy atom. The van der Waals surface area contributed by atoms with Gasteiger partial charge < -0.3 is 24.4 Å². The number of nitrogens with zero attached hydrogens (tertiary/aromatic N) is 1. The summed E-state index contributed by atoms with van der Waals surface area (Å²) in [5, 5.41) is 2.65. The van der Waals surface area contributed by atoms with E-state index >= 15 is 0 Å². The predicted octanol–water partition coefficient (Wildman–Crippen LogP) is 3.21. The van der Waals surface area contributed by atoms with Crippen molar-refractivity contribution in [2.75, 3.05) is 45.0 Å². The van der Waals surface area contributed by atoms with Crippen molar-refractivity contribution in [3.05, 3.63) is 48.0 Å². The van der Waals surface area contributed by atoms with Crippen molar-refractivity contribution in [2.45, 2.75) is 17.7 Å². The molecule has 1 N–H and O–H groups in total. The minimum absolute atomic E-state index is 0.0590. The number of carbonyl (C=O) groups is 3. The van der Waals surface area contributed by atoms with Crippen LogP contribution in [0.1, 0.15) is 23.2 Å². The van der Waals surface area contributed by atoms with Gasteiger partial charge in [-0.05, 0) is 25.0 Å². The number of nitrogens with one attached hydrogen (secondary N) is 1. The average Bonchev–Trinajstić information content (AvgIpc) is 3.36. The number of hydrogen-bond donors (Lipinski definition) is 1. The highest BCUT2D eigenvalue weighted by Gasteiger charge is 2.20. The Morgan fingerprint density at radius 1 is 1.00 bits per heavy atom. The molecule has 2 aromatic carbocycles. The van der Waals surface area contributed by atoms with Gasteiger partial charge in [-0.15, -0.1) is 11.8 Å². The van der Waals surface area contributed by atoms with Crippen LogP contribution in [0, 0.1) is 0 Å². The Morgan fingerprint density at radius 2 is 1.66 bits per heavy atom. The smallest absolute Gasteiger partial charge is 0.339 e. The first kappa shape index (κ1) is 23.5. The normalized spacial score (nSPS) is 12.9. The molecule has 0 radical (unpaired) electrons. The second kappa shape index (κ2) is 11.4. The Labute approximate surface area is 191 Å². The van der Waals surface area contributed by atoms with Crippen LogP contribution in [0.25, 0.3) is 0 Å². The lowest BCUT2D eigenvalue weighted by Crippen LogP contribution is -2.29. The van der Waals surface area contributed by atoms with Gasteiger partial charge in [0, 0.05) is 41.9 Å². The van der Waals surface area contributed by atoms with E-state index in [4.69, 9.17) is 14.2 Å². The minimum atomic E-state index is -0.625. The van der Waals surface area contributed by atoms with Crippen molar-refractivity contribution < 1.29 is 28.6 Å². The largest absolute Gasteiger partial charge is 0.497 e. The summed E-state index contributed by atoms with van der Waals surface area (Å²) in [7, 11) is 3.02. The lowest BCUT2D eigenvalue weighted by atomic mass is 10.2. The molecule has 9 heteroatoms. The Bertz CT molecular complexity index is 952. The standard InChI is InChI=1S/C23H26N2O6S/c1-29-17-11-16(12-18(13-17)30-2)24-21(26)14-31-23(28)19-7-3-4-8-20(19)32-15-22(27)25-9-5-6-10-25/h3-4,7-8,11-13H,5-6,9-10,14-15H2,1-2H3,(H,24,26). The Kier molecular flexibility index (Phi) is 8.38. The van der Waals surface area contributed by atoms with Crippen molar-refractivity contribution in [3.63, 3.8) is 0 Å². The molecule has 1 fully saturated rings. The van der Waals surface area contributed by atoms with E-state index in [1.165, 1.54) is 26.0 Å². The molecule has 0 aromatic heterocycles. The van der Waals surface area contributed by atoms with Crippen molar-refractivity contribution in [2.24, 2.45) is 0 Å². The van der Waals surface area contributed by atoms with Crippen molar-refractivity contribution in [3.8, 4) is 11.5 Å². The van der Waals surface area contributed by atoms with Gasteiger partial charge >= 0.3 is 5.97 Å². The molecule has 0 atom stereocenters. The highest BCUT2D eigenvalue weighted by molar-refractivity contribution is 8.00. The molecule has 1 aliphatic heterocycles. The summed E-state index contributed by atoms with van der Waals surface area (Å²) in [6.45, 7) is 1.12. The molecule has 2 aromatic rings. The lowest BCUT2D eigenvalue weighted by Gasteiger charge is -2.15. The third-order valence-electron chi connectivity index (χ3n) is 4.89. The van der Waals surface area contributed by atoms with Gasteiger partial charge in [0.1, 0.15) is 11.5 Å². The number of amides is 2. The molecule has 2 amide bonds. The Hall–Kier alpha value is -3.20. The van der Waals surface area contributed by atoms with Crippen LogP contribution in [0.5, 0.6) is 11.5 Å². The number of rotatable bonds is 9. The van der Waals surface area contributed by atoms with E-state index in [2.05, 4.69) is 5.32 Å². The second-order valence-corrected chi connectivity index (χ2v) is 8.12. The highest BCUT2D eigenvalue weighted by Crippen LogP contribution is 2.26. The molecule has 0 spiro atoms. The third kappa shape index (κ3) is 6.40. The number of likely N-dealkylation sites (tertiary alicyclic amines) is 1. The molecule has 1 heterocycles. The molecule has 1 aliphatic rings. The molecular weight excluding hydrogens is 432 g/mol. The van der Waals surface area contributed by atoms with Crippen LogP contribution in [0.4, 0.5) is 5.69 Å². The highest BCUT2D eigenvalue weighted by atomic mass is 32.2. The van der Waals surface area contributed by atoms with Crippen molar-refractivity contribution in [1.82, 2.24) is 4.90 Å². The van der Waals surface area contributed by atoms with E-state index in [9.17, 15) is 14.4 Å². The number of ether oxygens (including phenoxy) is 3.